The number of carbonyl (C=O) groups is 1. The zero-order chi connectivity index (χ0) is 14.5. The van der Waals surface area contributed by atoms with Crippen LogP contribution in [0.25, 0.3) is 0 Å². The SMILES string of the molecule is CC(CS(C)(=O)=O)NC(=O)COc1cccc(N)c1. The molecule has 1 amide bonds. The molecule has 0 saturated heterocycles. The average molecular weight is 286 g/mol. The predicted octanol–water partition coefficient (Wildman–Crippen LogP) is 0.197. The van der Waals surface area contributed by atoms with E-state index >= 15 is 0 Å². The molecule has 0 heterocycles. The highest BCUT2D eigenvalue weighted by Crippen LogP contribution is 2.13. The molecule has 3 N–H and O–H groups in total. The van der Waals surface area contributed by atoms with Crippen LogP contribution in [0, 0.1) is 0 Å². The van der Waals surface area contributed by atoms with Crippen molar-refractivity contribution in [1.82, 2.24) is 5.32 Å². The zero-order valence-electron chi connectivity index (χ0n) is 10.9. The number of rotatable bonds is 6. The van der Waals surface area contributed by atoms with Crippen molar-refractivity contribution < 1.29 is 17.9 Å². The first kappa shape index (κ1) is 15.3. The predicted molar refractivity (Wildman–Crippen MR) is 73.7 cm³/mol. The molecule has 106 valence electrons. The molecule has 0 saturated carbocycles. The first-order valence-electron chi connectivity index (χ1n) is 5.72. The molecule has 1 aromatic rings. The molecule has 0 spiro atoms. The lowest BCUT2D eigenvalue weighted by atomic mass is 10.3. The molecule has 0 aromatic heterocycles. The van der Waals surface area contributed by atoms with Crippen LogP contribution in [-0.2, 0) is 14.6 Å². The molecule has 6 nitrogen and oxygen atoms in total. The van der Waals surface area contributed by atoms with Crippen molar-refractivity contribution in [2.75, 3.05) is 24.3 Å². The van der Waals surface area contributed by atoms with Crippen LogP contribution in [0.1, 0.15) is 6.92 Å². The van der Waals surface area contributed by atoms with Crippen molar-refractivity contribution in [2.45, 2.75) is 13.0 Å². The summed E-state index contributed by atoms with van der Waals surface area (Å²) in [6.45, 7) is 1.44. The van der Waals surface area contributed by atoms with Crippen LogP contribution in [0.3, 0.4) is 0 Å². The van der Waals surface area contributed by atoms with Crippen LogP contribution >= 0.6 is 0 Å². The van der Waals surface area contributed by atoms with Gasteiger partial charge in [0, 0.05) is 24.1 Å². The Labute approximate surface area is 112 Å². The number of sulfone groups is 1. The Kier molecular flexibility index (Phi) is 5.17. The van der Waals surface area contributed by atoms with Gasteiger partial charge in [-0.3, -0.25) is 4.79 Å². The van der Waals surface area contributed by atoms with Gasteiger partial charge in [-0.25, -0.2) is 8.42 Å². The number of nitrogens with one attached hydrogen (secondary N) is 1. The fourth-order valence-corrected chi connectivity index (χ4v) is 2.56. The molecular formula is C12H18N2O4S. The minimum absolute atomic E-state index is 0.100. The number of hydrogen-bond acceptors (Lipinski definition) is 5. The van der Waals surface area contributed by atoms with E-state index in [1.807, 2.05) is 0 Å². The normalized spacial score (nSPS) is 12.7. The van der Waals surface area contributed by atoms with E-state index in [2.05, 4.69) is 5.32 Å². The van der Waals surface area contributed by atoms with Crippen molar-refractivity contribution in [3.8, 4) is 5.75 Å². The summed E-state index contributed by atoms with van der Waals surface area (Å²) in [5.74, 6) is 0.0151. The summed E-state index contributed by atoms with van der Waals surface area (Å²) in [7, 11) is -3.11. The average Bonchev–Trinajstić information content (AvgIpc) is 2.23. The van der Waals surface area contributed by atoms with Gasteiger partial charge in [0.15, 0.2) is 6.61 Å². The molecule has 7 heteroatoms. The van der Waals surface area contributed by atoms with Crippen molar-refractivity contribution in [3.05, 3.63) is 24.3 Å². The van der Waals surface area contributed by atoms with E-state index < -0.39 is 15.9 Å². The van der Waals surface area contributed by atoms with E-state index in [1.165, 1.54) is 0 Å². The molecule has 0 aliphatic heterocycles. The van der Waals surface area contributed by atoms with Gasteiger partial charge in [-0.15, -0.1) is 0 Å². The third-order valence-electron chi connectivity index (χ3n) is 2.19. The van der Waals surface area contributed by atoms with E-state index in [9.17, 15) is 13.2 Å². The standard InChI is InChI=1S/C12H18N2O4S/c1-9(8-19(2,16)17)14-12(15)7-18-11-5-3-4-10(13)6-11/h3-6,9H,7-8,13H2,1-2H3,(H,14,15). The number of anilines is 1. The molecule has 1 rings (SSSR count). The maximum atomic E-state index is 11.5. The van der Waals surface area contributed by atoms with Gasteiger partial charge in [0.05, 0.1) is 5.75 Å². The minimum Gasteiger partial charge on any atom is -0.484 e. The molecule has 1 aromatic carbocycles. The van der Waals surface area contributed by atoms with Crippen molar-refractivity contribution >= 4 is 21.4 Å². The van der Waals surface area contributed by atoms with Gasteiger partial charge in [-0.1, -0.05) is 6.07 Å². The minimum atomic E-state index is -3.11. The van der Waals surface area contributed by atoms with E-state index in [-0.39, 0.29) is 18.3 Å². The number of benzene rings is 1. The highest BCUT2D eigenvalue weighted by atomic mass is 32.2. The van der Waals surface area contributed by atoms with Crippen LogP contribution < -0.4 is 15.8 Å². The smallest absolute Gasteiger partial charge is 0.258 e. The lowest BCUT2D eigenvalue weighted by Gasteiger charge is -2.13. The molecular weight excluding hydrogens is 268 g/mol. The van der Waals surface area contributed by atoms with Crippen LogP contribution in [0.5, 0.6) is 5.75 Å². The Morgan fingerprint density at radius 2 is 2.16 bits per heavy atom. The first-order valence-corrected chi connectivity index (χ1v) is 7.78. The van der Waals surface area contributed by atoms with E-state index in [1.54, 1.807) is 31.2 Å². The van der Waals surface area contributed by atoms with E-state index in [0.717, 1.165) is 6.26 Å². The maximum Gasteiger partial charge on any atom is 0.258 e. The summed E-state index contributed by atoms with van der Waals surface area (Å²) in [5.41, 5.74) is 6.11. The topological polar surface area (TPSA) is 98.5 Å². The number of ether oxygens (including phenoxy) is 1. The molecule has 0 radical (unpaired) electrons. The number of nitrogens with two attached hydrogens (primary N) is 1. The van der Waals surface area contributed by atoms with Crippen molar-refractivity contribution in [1.29, 1.82) is 0 Å². The first-order chi connectivity index (χ1) is 8.76. The number of nitrogen functional groups attached to an aromatic ring is 1. The van der Waals surface area contributed by atoms with Crippen LogP contribution in [0.4, 0.5) is 5.69 Å². The Balaban J connectivity index is 2.40. The molecule has 1 atom stereocenters. The fraction of sp³-hybridized carbons (Fsp3) is 0.417. The Morgan fingerprint density at radius 3 is 2.74 bits per heavy atom. The number of carbonyl (C=O) groups excluding carboxylic acids is 1. The van der Waals surface area contributed by atoms with Gasteiger partial charge in [-0.05, 0) is 19.1 Å². The van der Waals surface area contributed by atoms with Gasteiger partial charge in [0.25, 0.3) is 5.91 Å². The molecule has 1 unspecified atom stereocenters. The largest absolute Gasteiger partial charge is 0.484 e. The second kappa shape index (κ2) is 6.42. The highest BCUT2D eigenvalue weighted by Gasteiger charge is 2.13. The number of hydrogen-bond donors (Lipinski definition) is 2. The monoisotopic (exact) mass is 286 g/mol. The van der Waals surface area contributed by atoms with Gasteiger partial charge >= 0.3 is 0 Å². The summed E-state index contributed by atoms with van der Waals surface area (Å²) in [4.78, 5) is 11.5. The summed E-state index contributed by atoms with van der Waals surface area (Å²) in [5, 5.41) is 2.55. The summed E-state index contributed by atoms with van der Waals surface area (Å²) in [6, 6.07) is 6.26. The zero-order valence-corrected chi connectivity index (χ0v) is 11.7. The van der Waals surface area contributed by atoms with Crippen molar-refractivity contribution in [3.63, 3.8) is 0 Å². The second-order valence-corrected chi connectivity index (χ2v) is 6.61. The van der Waals surface area contributed by atoms with Gasteiger partial charge in [-0.2, -0.15) is 0 Å². The molecule has 19 heavy (non-hydrogen) atoms. The third-order valence-corrected chi connectivity index (χ3v) is 3.29. The van der Waals surface area contributed by atoms with Crippen LogP contribution in [0.2, 0.25) is 0 Å². The van der Waals surface area contributed by atoms with Gasteiger partial charge in [0.2, 0.25) is 0 Å². The van der Waals surface area contributed by atoms with E-state index in [0.29, 0.717) is 11.4 Å². The van der Waals surface area contributed by atoms with Crippen LogP contribution in [-0.4, -0.2) is 39.0 Å². The van der Waals surface area contributed by atoms with Gasteiger partial charge in [0.1, 0.15) is 15.6 Å². The number of amides is 1. The second-order valence-electron chi connectivity index (χ2n) is 4.42. The summed E-state index contributed by atoms with van der Waals surface area (Å²) < 4.78 is 27.3. The third kappa shape index (κ3) is 6.66. The fourth-order valence-electron chi connectivity index (χ4n) is 1.57. The molecule has 0 bridgehead atoms. The van der Waals surface area contributed by atoms with Gasteiger partial charge < -0.3 is 15.8 Å². The highest BCUT2D eigenvalue weighted by molar-refractivity contribution is 7.90. The summed E-state index contributed by atoms with van der Waals surface area (Å²) in [6.07, 6.45) is 1.12. The lowest BCUT2D eigenvalue weighted by Crippen LogP contribution is -2.39. The lowest BCUT2D eigenvalue weighted by molar-refractivity contribution is -0.123. The summed E-state index contributed by atoms with van der Waals surface area (Å²) >= 11 is 0. The Bertz CT molecular complexity index is 542. The van der Waals surface area contributed by atoms with Crippen LogP contribution in [0.15, 0.2) is 24.3 Å². The van der Waals surface area contributed by atoms with Crippen molar-refractivity contribution in [2.24, 2.45) is 0 Å². The van der Waals surface area contributed by atoms with E-state index in [4.69, 9.17) is 10.5 Å². The maximum absolute atomic E-state index is 11.5. The molecule has 0 aliphatic carbocycles. The Hall–Kier alpha value is -1.76. The Morgan fingerprint density at radius 1 is 1.47 bits per heavy atom. The molecule has 0 fully saturated rings. The molecule has 0 aliphatic rings. The quantitative estimate of drug-likeness (QED) is 0.728.